The van der Waals surface area contributed by atoms with Crippen LogP contribution in [0.15, 0.2) is 59.4 Å². The Balaban J connectivity index is 1.75. The van der Waals surface area contributed by atoms with E-state index in [0.717, 1.165) is 11.1 Å². The number of hydrogen-bond acceptors (Lipinski definition) is 4. The predicted octanol–water partition coefficient (Wildman–Crippen LogP) is 3.49. The first kappa shape index (κ1) is 15.7. The summed E-state index contributed by atoms with van der Waals surface area (Å²) >= 11 is 1.37. The van der Waals surface area contributed by atoms with E-state index in [1.54, 1.807) is 0 Å². The Morgan fingerprint density at radius 1 is 1.04 bits per heavy atom. The zero-order chi connectivity index (χ0) is 17.4. The van der Waals surface area contributed by atoms with E-state index in [1.807, 2.05) is 48.5 Å². The lowest BCUT2D eigenvalue weighted by molar-refractivity contribution is 0.866. The summed E-state index contributed by atoms with van der Waals surface area (Å²) in [5.74, 6) is 1.08. The lowest BCUT2D eigenvalue weighted by atomic mass is 10.0. The smallest absolute Gasteiger partial charge is 0.266 e. The predicted molar refractivity (Wildman–Crippen MR) is 102 cm³/mol. The van der Waals surface area contributed by atoms with Gasteiger partial charge in [0.2, 0.25) is 4.96 Å². The van der Waals surface area contributed by atoms with Gasteiger partial charge in [-0.1, -0.05) is 79.8 Å². The van der Waals surface area contributed by atoms with Crippen LogP contribution >= 0.6 is 11.3 Å². The van der Waals surface area contributed by atoms with Crippen LogP contribution < -0.4 is 10.1 Å². The molecule has 2 heterocycles. The molecule has 4 aromatic rings. The van der Waals surface area contributed by atoms with E-state index in [4.69, 9.17) is 0 Å². The fourth-order valence-electron chi connectivity index (χ4n) is 2.67. The summed E-state index contributed by atoms with van der Waals surface area (Å²) in [5.41, 5.74) is 3.08. The molecule has 0 amide bonds. The van der Waals surface area contributed by atoms with Gasteiger partial charge in [0.25, 0.3) is 5.56 Å². The fourth-order valence-corrected chi connectivity index (χ4v) is 3.58. The van der Waals surface area contributed by atoms with Gasteiger partial charge in [-0.2, -0.15) is 9.50 Å². The van der Waals surface area contributed by atoms with Gasteiger partial charge in [0, 0.05) is 5.56 Å². The van der Waals surface area contributed by atoms with Crippen molar-refractivity contribution in [2.24, 2.45) is 0 Å². The van der Waals surface area contributed by atoms with E-state index in [2.05, 4.69) is 36.1 Å². The molecule has 0 N–H and O–H groups in total. The number of thiazole rings is 1. The second kappa shape index (κ2) is 6.26. The topological polar surface area (TPSA) is 47.3 Å². The SMILES string of the molecule is CC(C)c1ccc(/C=c2/sc3nc(-c4ccccc4)nn3c2=O)cc1. The molecule has 2 aromatic heterocycles. The molecule has 0 fully saturated rings. The number of aromatic nitrogens is 3. The van der Waals surface area contributed by atoms with Gasteiger partial charge in [-0.05, 0) is 23.1 Å². The standard InChI is InChI=1S/C20H17N3OS/c1-13(2)15-10-8-14(9-11-15)12-17-19(24)23-20(25-17)21-18(22-23)16-6-4-3-5-7-16/h3-13H,1-2H3/b17-12+. The highest BCUT2D eigenvalue weighted by Crippen LogP contribution is 2.16. The van der Waals surface area contributed by atoms with Crippen molar-refractivity contribution in [3.05, 3.63) is 80.6 Å². The van der Waals surface area contributed by atoms with Gasteiger partial charge in [-0.25, -0.2) is 0 Å². The quantitative estimate of drug-likeness (QED) is 0.570. The van der Waals surface area contributed by atoms with Gasteiger partial charge in [0.1, 0.15) is 0 Å². The monoisotopic (exact) mass is 347 g/mol. The fraction of sp³-hybridized carbons (Fsp3) is 0.150. The first-order valence-electron chi connectivity index (χ1n) is 8.18. The highest BCUT2D eigenvalue weighted by Gasteiger charge is 2.11. The molecule has 0 aliphatic heterocycles. The van der Waals surface area contributed by atoms with Crippen LogP contribution in [0.2, 0.25) is 0 Å². The van der Waals surface area contributed by atoms with E-state index >= 15 is 0 Å². The van der Waals surface area contributed by atoms with E-state index in [1.165, 1.54) is 21.4 Å². The van der Waals surface area contributed by atoms with Crippen molar-refractivity contribution in [3.63, 3.8) is 0 Å². The zero-order valence-electron chi connectivity index (χ0n) is 14.0. The molecular formula is C20H17N3OS. The summed E-state index contributed by atoms with van der Waals surface area (Å²) in [4.78, 5) is 17.7. The van der Waals surface area contributed by atoms with Gasteiger partial charge >= 0.3 is 0 Å². The van der Waals surface area contributed by atoms with Crippen LogP contribution in [-0.2, 0) is 0 Å². The molecule has 4 nitrogen and oxygen atoms in total. The Hall–Kier alpha value is -2.79. The molecule has 0 spiro atoms. The highest BCUT2D eigenvalue weighted by atomic mass is 32.1. The van der Waals surface area contributed by atoms with Crippen LogP contribution in [0.5, 0.6) is 0 Å². The first-order valence-corrected chi connectivity index (χ1v) is 9.00. The molecule has 0 radical (unpaired) electrons. The molecular weight excluding hydrogens is 330 g/mol. The minimum absolute atomic E-state index is 0.123. The maximum Gasteiger partial charge on any atom is 0.291 e. The van der Waals surface area contributed by atoms with Gasteiger partial charge in [0.05, 0.1) is 4.53 Å². The minimum Gasteiger partial charge on any atom is -0.266 e. The van der Waals surface area contributed by atoms with E-state index in [0.29, 0.717) is 21.2 Å². The van der Waals surface area contributed by atoms with Crippen molar-refractivity contribution in [3.8, 4) is 11.4 Å². The van der Waals surface area contributed by atoms with E-state index in [-0.39, 0.29) is 5.56 Å². The van der Waals surface area contributed by atoms with Crippen molar-refractivity contribution in [1.82, 2.24) is 14.6 Å². The molecule has 124 valence electrons. The van der Waals surface area contributed by atoms with Crippen LogP contribution in [0.25, 0.3) is 22.4 Å². The number of hydrogen-bond donors (Lipinski definition) is 0. The maximum absolute atomic E-state index is 12.6. The number of nitrogens with zero attached hydrogens (tertiary/aromatic N) is 3. The number of benzene rings is 2. The molecule has 25 heavy (non-hydrogen) atoms. The van der Waals surface area contributed by atoms with Crippen LogP contribution in [0.4, 0.5) is 0 Å². The molecule has 0 unspecified atom stereocenters. The summed E-state index contributed by atoms with van der Waals surface area (Å²) in [5, 5.41) is 4.37. The van der Waals surface area contributed by atoms with Gasteiger partial charge in [0.15, 0.2) is 5.82 Å². The Labute approximate surface area is 149 Å². The van der Waals surface area contributed by atoms with Gasteiger partial charge in [-0.3, -0.25) is 4.79 Å². The molecule has 0 bridgehead atoms. The van der Waals surface area contributed by atoms with Crippen LogP contribution in [0.3, 0.4) is 0 Å². The van der Waals surface area contributed by atoms with Crippen molar-refractivity contribution < 1.29 is 0 Å². The van der Waals surface area contributed by atoms with Crippen molar-refractivity contribution in [1.29, 1.82) is 0 Å². The lowest BCUT2D eigenvalue weighted by Crippen LogP contribution is -2.23. The third-order valence-corrected chi connectivity index (χ3v) is 5.07. The molecule has 5 heteroatoms. The van der Waals surface area contributed by atoms with Gasteiger partial charge in [-0.15, -0.1) is 5.10 Å². The Morgan fingerprint density at radius 2 is 1.76 bits per heavy atom. The number of fused-ring (bicyclic) bond motifs is 1. The molecule has 0 aliphatic rings. The van der Waals surface area contributed by atoms with E-state index in [9.17, 15) is 4.79 Å². The summed E-state index contributed by atoms with van der Waals surface area (Å²) < 4.78 is 2.04. The second-order valence-corrected chi connectivity index (χ2v) is 7.24. The Morgan fingerprint density at radius 3 is 2.40 bits per heavy atom. The average molecular weight is 347 g/mol. The Bertz CT molecular complexity index is 1130. The minimum atomic E-state index is -0.123. The normalized spacial score (nSPS) is 12.4. The first-order chi connectivity index (χ1) is 12.1. The van der Waals surface area contributed by atoms with Crippen molar-refractivity contribution >= 4 is 22.4 Å². The average Bonchev–Trinajstić information content (AvgIpc) is 3.16. The van der Waals surface area contributed by atoms with Gasteiger partial charge < -0.3 is 0 Å². The van der Waals surface area contributed by atoms with Crippen LogP contribution in [0.1, 0.15) is 30.9 Å². The van der Waals surface area contributed by atoms with E-state index < -0.39 is 0 Å². The van der Waals surface area contributed by atoms with Crippen molar-refractivity contribution in [2.45, 2.75) is 19.8 Å². The highest BCUT2D eigenvalue weighted by molar-refractivity contribution is 7.15. The largest absolute Gasteiger partial charge is 0.291 e. The number of rotatable bonds is 3. The second-order valence-electron chi connectivity index (χ2n) is 6.23. The van der Waals surface area contributed by atoms with Crippen LogP contribution in [-0.4, -0.2) is 14.6 Å². The molecule has 0 atom stereocenters. The Kier molecular flexibility index (Phi) is 3.93. The lowest BCUT2D eigenvalue weighted by Gasteiger charge is -2.04. The zero-order valence-corrected chi connectivity index (χ0v) is 14.8. The summed E-state index contributed by atoms with van der Waals surface area (Å²) in [7, 11) is 0. The summed E-state index contributed by atoms with van der Waals surface area (Å²) in [6.45, 7) is 4.33. The summed E-state index contributed by atoms with van der Waals surface area (Å²) in [6, 6.07) is 18.0. The molecule has 0 saturated heterocycles. The molecule has 2 aromatic carbocycles. The summed E-state index contributed by atoms with van der Waals surface area (Å²) in [6.07, 6.45) is 1.90. The molecule has 0 aliphatic carbocycles. The third-order valence-electron chi connectivity index (χ3n) is 4.11. The van der Waals surface area contributed by atoms with Crippen molar-refractivity contribution in [2.75, 3.05) is 0 Å². The molecule has 0 saturated carbocycles. The third kappa shape index (κ3) is 2.98. The molecule has 4 rings (SSSR count). The maximum atomic E-state index is 12.6. The van der Waals surface area contributed by atoms with Crippen LogP contribution in [0, 0.1) is 0 Å².